The summed E-state index contributed by atoms with van der Waals surface area (Å²) in [5.41, 5.74) is 6.74. The van der Waals surface area contributed by atoms with Gasteiger partial charge in [0.25, 0.3) is 0 Å². The van der Waals surface area contributed by atoms with Crippen molar-refractivity contribution in [3.8, 4) is 0 Å². The number of hydrogen-bond donors (Lipinski definition) is 1. The molecule has 1 fully saturated rings. The van der Waals surface area contributed by atoms with Crippen molar-refractivity contribution in [3.63, 3.8) is 0 Å². The van der Waals surface area contributed by atoms with Gasteiger partial charge in [-0.1, -0.05) is 6.07 Å². The summed E-state index contributed by atoms with van der Waals surface area (Å²) >= 11 is 0. The van der Waals surface area contributed by atoms with Crippen molar-refractivity contribution in [2.45, 2.75) is 19.0 Å². The van der Waals surface area contributed by atoms with E-state index in [1.54, 1.807) is 0 Å². The van der Waals surface area contributed by atoms with E-state index < -0.39 is 0 Å². The highest BCUT2D eigenvalue weighted by Gasteiger charge is 2.23. The molecule has 2 rings (SSSR count). The molecule has 0 aliphatic carbocycles. The van der Waals surface area contributed by atoms with E-state index in [-0.39, 0.29) is 0 Å². The first-order valence-corrected chi connectivity index (χ1v) is 5.75. The molecule has 88 valence electrons. The second-order valence-electron chi connectivity index (χ2n) is 4.70. The molecule has 1 unspecified atom stereocenters. The molecule has 0 spiro atoms. The van der Waals surface area contributed by atoms with Gasteiger partial charge in [0.15, 0.2) is 0 Å². The molecule has 1 aliphatic rings. The molecule has 4 heteroatoms. The molecule has 0 amide bonds. The van der Waals surface area contributed by atoms with Gasteiger partial charge in [0.1, 0.15) is 5.82 Å². The number of nitrogen functional groups attached to an aromatic ring is 1. The Morgan fingerprint density at radius 2 is 2.31 bits per heavy atom. The van der Waals surface area contributed by atoms with Gasteiger partial charge in [0.2, 0.25) is 0 Å². The molecule has 1 saturated heterocycles. The van der Waals surface area contributed by atoms with E-state index in [1.807, 2.05) is 18.2 Å². The molecular formula is C12H20N4. The predicted molar refractivity (Wildman–Crippen MR) is 66.0 cm³/mol. The van der Waals surface area contributed by atoms with Crippen molar-refractivity contribution >= 4 is 5.82 Å². The molecule has 0 radical (unpaired) electrons. The Morgan fingerprint density at radius 1 is 1.50 bits per heavy atom. The third-order valence-electron chi connectivity index (χ3n) is 3.19. The minimum absolute atomic E-state index is 0.612. The number of nitrogens with zero attached hydrogens (tertiary/aromatic N) is 3. The van der Waals surface area contributed by atoms with Crippen molar-refractivity contribution in [3.05, 3.63) is 23.9 Å². The molecule has 1 aromatic rings. The van der Waals surface area contributed by atoms with Crippen molar-refractivity contribution in [1.29, 1.82) is 0 Å². The number of pyridine rings is 1. The highest BCUT2D eigenvalue weighted by atomic mass is 15.2. The van der Waals surface area contributed by atoms with Gasteiger partial charge >= 0.3 is 0 Å². The fourth-order valence-electron chi connectivity index (χ4n) is 2.19. The Morgan fingerprint density at radius 3 is 2.94 bits per heavy atom. The lowest BCUT2D eigenvalue weighted by Crippen LogP contribution is -2.31. The van der Waals surface area contributed by atoms with Crippen LogP contribution in [0.1, 0.15) is 12.1 Å². The molecule has 1 atom stereocenters. The van der Waals surface area contributed by atoms with Gasteiger partial charge in [-0.15, -0.1) is 0 Å². The highest BCUT2D eigenvalue weighted by Crippen LogP contribution is 2.15. The van der Waals surface area contributed by atoms with E-state index in [4.69, 9.17) is 5.73 Å². The van der Waals surface area contributed by atoms with Gasteiger partial charge in [0, 0.05) is 25.7 Å². The smallest absolute Gasteiger partial charge is 0.123 e. The third kappa shape index (κ3) is 2.71. The fraction of sp³-hybridized carbons (Fsp3) is 0.583. The molecule has 2 N–H and O–H groups in total. The van der Waals surface area contributed by atoms with Crippen molar-refractivity contribution in [2.24, 2.45) is 0 Å². The minimum Gasteiger partial charge on any atom is -0.384 e. The number of likely N-dealkylation sites (N-methyl/N-ethyl adjacent to an activating group) is 1. The Bertz CT molecular complexity index is 351. The zero-order chi connectivity index (χ0) is 11.5. The van der Waals surface area contributed by atoms with E-state index in [0.29, 0.717) is 11.9 Å². The normalized spacial score (nSPS) is 21.8. The second kappa shape index (κ2) is 4.80. The number of nitrogens with two attached hydrogens (primary N) is 1. The summed E-state index contributed by atoms with van der Waals surface area (Å²) in [6, 6.07) is 6.52. The quantitative estimate of drug-likeness (QED) is 0.818. The molecule has 0 bridgehead atoms. The van der Waals surface area contributed by atoms with Crippen LogP contribution in [0.3, 0.4) is 0 Å². The zero-order valence-corrected chi connectivity index (χ0v) is 10.1. The summed E-state index contributed by atoms with van der Waals surface area (Å²) in [5, 5.41) is 0. The van der Waals surface area contributed by atoms with Crippen molar-refractivity contribution < 1.29 is 0 Å². The maximum atomic E-state index is 5.67. The minimum atomic E-state index is 0.612. The van der Waals surface area contributed by atoms with E-state index >= 15 is 0 Å². The number of likely N-dealkylation sites (tertiary alicyclic amines) is 1. The first-order chi connectivity index (χ1) is 7.65. The van der Waals surface area contributed by atoms with Crippen molar-refractivity contribution in [1.82, 2.24) is 14.8 Å². The number of hydrogen-bond acceptors (Lipinski definition) is 4. The molecular weight excluding hydrogens is 200 g/mol. The SMILES string of the molecule is CN(C)C1CCN(Cc2cccc(N)n2)C1. The zero-order valence-electron chi connectivity index (χ0n) is 10.1. The van der Waals surface area contributed by atoms with Crippen LogP contribution in [0.5, 0.6) is 0 Å². The van der Waals surface area contributed by atoms with E-state index in [9.17, 15) is 0 Å². The van der Waals surface area contributed by atoms with E-state index in [2.05, 4.69) is 28.9 Å². The van der Waals surface area contributed by atoms with Crippen molar-refractivity contribution in [2.75, 3.05) is 32.9 Å². The summed E-state index contributed by atoms with van der Waals surface area (Å²) < 4.78 is 0. The molecule has 2 heterocycles. The van der Waals surface area contributed by atoms with Gasteiger partial charge in [-0.3, -0.25) is 4.90 Å². The van der Waals surface area contributed by atoms with Gasteiger partial charge in [-0.05, 0) is 32.6 Å². The van der Waals surface area contributed by atoms with Gasteiger partial charge in [-0.25, -0.2) is 4.98 Å². The molecule has 16 heavy (non-hydrogen) atoms. The largest absolute Gasteiger partial charge is 0.384 e. The molecule has 0 saturated carbocycles. The summed E-state index contributed by atoms with van der Waals surface area (Å²) in [6.07, 6.45) is 1.25. The van der Waals surface area contributed by atoms with E-state index in [1.165, 1.54) is 6.42 Å². The fourth-order valence-corrected chi connectivity index (χ4v) is 2.19. The average molecular weight is 220 g/mol. The summed E-state index contributed by atoms with van der Waals surface area (Å²) in [7, 11) is 4.29. The molecule has 0 aromatic carbocycles. The number of rotatable bonds is 3. The lowest BCUT2D eigenvalue weighted by atomic mass is 10.2. The van der Waals surface area contributed by atoms with Gasteiger partial charge in [-0.2, -0.15) is 0 Å². The Hall–Kier alpha value is -1.13. The topological polar surface area (TPSA) is 45.4 Å². The van der Waals surface area contributed by atoms with Crippen LogP contribution in [-0.4, -0.2) is 48.0 Å². The molecule has 1 aliphatic heterocycles. The first-order valence-electron chi connectivity index (χ1n) is 5.75. The highest BCUT2D eigenvalue weighted by molar-refractivity contribution is 5.28. The first kappa shape index (κ1) is 11.4. The van der Waals surface area contributed by atoms with Crippen LogP contribution in [0, 0.1) is 0 Å². The lowest BCUT2D eigenvalue weighted by Gasteiger charge is -2.20. The van der Waals surface area contributed by atoms with Crippen LogP contribution in [0.15, 0.2) is 18.2 Å². The van der Waals surface area contributed by atoms with E-state index in [0.717, 1.165) is 25.3 Å². The van der Waals surface area contributed by atoms with Gasteiger partial charge in [0.05, 0.1) is 5.69 Å². The summed E-state index contributed by atoms with van der Waals surface area (Å²) in [5.74, 6) is 0.612. The summed E-state index contributed by atoms with van der Waals surface area (Å²) in [4.78, 5) is 9.06. The maximum Gasteiger partial charge on any atom is 0.123 e. The van der Waals surface area contributed by atoms with Crippen LogP contribution < -0.4 is 5.73 Å². The average Bonchev–Trinajstić information content (AvgIpc) is 2.66. The number of aromatic nitrogens is 1. The number of anilines is 1. The molecule has 1 aromatic heterocycles. The molecule has 4 nitrogen and oxygen atoms in total. The Kier molecular flexibility index (Phi) is 3.41. The van der Waals surface area contributed by atoms with Crippen LogP contribution >= 0.6 is 0 Å². The maximum absolute atomic E-state index is 5.67. The standard InChI is InChI=1S/C12H20N4/c1-15(2)11-6-7-16(9-11)8-10-4-3-5-12(13)14-10/h3-5,11H,6-9H2,1-2H3,(H2,13,14). The van der Waals surface area contributed by atoms with Crippen LogP contribution in [-0.2, 0) is 6.54 Å². The van der Waals surface area contributed by atoms with Crippen LogP contribution in [0.2, 0.25) is 0 Å². The predicted octanol–water partition coefficient (Wildman–Crippen LogP) is 0.800. The third-order valence-corrected chi connectivity index (χ3v) is 3.19. The van der Waals surface area contributed by atoms with Crippen LogP contribution in [0.25, 0.3) is 0 Å². The monoisotopic (exact) mass is 220 g/mol. The summed E-state index contributed by atoms with van der Waals surface area (Å²) in [6.45, 7) is 3.19. The Balaban J connectivity index is 1.92. The Labute approximate surface area is 97.1 Å². The second-order valence-corrected chi connectivity index (χ2v) is 4.70. The van der Waals surface area contributed by atoms with Crippen LogP contribution in [0.4, 0.5) is 5.82 Å². The van der Waals surface area contributed by atoms with Gasteiger partial charge < -0.3 is 10.6 Å². The lowest BCUT2D eigenvalue weighted by molar-refractivity contribution is 0.263.